The summed E-state index contributed by atoms with van der Waals surface area (Å²) in [5.41, 5.74) is 3.49. The summed E-state index contributed by atoms with van der Waals surface area (Å²) in [6.45, 7) is 11.5. The number of nitriles is 1. The maximum absolute atomic E-state index is 12.4. The fraction of sp³-hybridized carbons (Fsp3) is 0.344. The van der Waals surface area contributed by atoms with Crippen LogP contribution in [0.1, 0.15) is 63.8 Å². The fourth-order valence-electron chi connectivity index (χ4n) is 3.84. The summed E-state index contributed by atoms with van der Waals surface area (Å²) in [6.07, 6.45) is -0.382. The number of benzene rings is 3. The first-order valence-electron chi connectivity index (χ1n) is 12.8. The maximum Gasteiger partial charge on any atom is 0.407 e. The van der Waals surface area contributed by atoms with Crippen molar-refractivity contribution in [1.29, 1.82) is 5.26 Å². The number of para-hydroxylation sites is 1. The third kappa shape index (κ3) is 9.50. The van der Waals surface area contributed by atoms with Crippen molar-refractivity contribution in [2.75, 3.05) is 0 Å². The molecule has 3 aromatic rings. The summed E-state index contributed by atoms with van der Waals surface area (Å²) in [7, 11) is 0. The summed E-state index contributed by atoms with van der Waals surface area (Å²) >= 11 is 0. The van der Waals surface area contributed by atoms with E-state index >= 15 is 0 Å². The van der Waals surface area contributed by atoms with Crippen LogP contribution >= 0.6 is 0 Å². The summed E-state index contributed by atoms with van der Waals surface area (Å²) in [4.78, 5) is 24.4. The van der Waals surface area contributed by atoms with Crippen LogP contribution in [-0.4, -0.2) is 23.3 Å². The molecule has 0 unspecified atom stereocenters. The minimum absolute atomic E-state index is 0.107. The molecule has 39 heavy (non-hydrogen) atoms. The highest BCUT2D eigenvalue weighted by atomic mass is 16.6. The fourth-order valence-corrected chi connectivity index (χ4v) is 3.84. The summed E-state index contributed by atoms with van der Waals surface area (Å²) in [5.74, 6) is 0.282. The van der Waals surface area contributed by atoms with Gasteiger partial charge < -0.3 is 19.5 Å². The number of rotatable bonds is 8. The van der Waals surface area contributed by atoms with Gasteiger partial charge in [-0.1, -0.05) is 42.5 Å². The zero-order chi connectivity index (χ0) is 28.6. The van der Waals surface area contributed by atoms with Crippen LogP contribution < -0.4 is 10.1 Å². The van der Waals surface area contributed by atoms with Crippen LogP contribution in [0.4, 0.5) is 4.79 Å². The second kappa shape index (κ2) is 12.5. The molecule has 204 valence electrons. The Morgan fingerprint density at radius 1 is 0.846 bits per heavy atom. The van der Waals surface area contributed by atoms with E-state index in [9.17, 15) is 14.9 Å². The average molecular weight is 529 g/mol. The van der Waals surface area contributed by atoms with Crippen molar-refractivity contribution >= 4 is 12.1 Å². The Bertz CT molecular complexity index is 1360. The third-order valence-corrected chi connectivity index (χ3v) is 5.40. The number of hydrogen-bond acceptors (Lipinski definition) is 6. The van der Waals surface area contributed by atoms with E-state index in [1.807, 2.05) is 102 Å². The van der Waals surface area contributed by atoms with E-state index in [2.05, 4.69) is 11.4 Å². The lowest BCUT2D eigenvalue weighted by Gasteiger charge is -2.20. The molecule has 0 atom stereocenters. The Hall–Kier alpha value is -4.31. The normalized spacial score (nSPS) is 11.3. The van der Waals surface area contributed by atoms with E-state index in [0.717, 1.165) is 27.8 Å². The number of amides is 1. The van der Waals surface area contributed by atoms with E-state index in [1.54, 1.807) is 6.07 Å². The predicted molar refractivity (Wildman–Crippen MR) is 150 cm³/mol. The average Bonchev–Trinajstić information content (AvgIpc) is 2.85. The van der Waals surface area contributed by atoms with Crippen molar-refractivity contribution in [2.24, 2.45) is 0 Å². The molecule has 0 heterocycles. The Morgan fingerprint density at radius 2 is 1.56 bits per heavy atom. The van der Waals surface area contributed by atoms with Crippen LogP contribution in [0, 0.1) is 11.3 Å². The van der Waals surface area contributed by atoms with E-state index in [-0.39, 0.29) is 19.0 Å². The molecule has 0 aliphatic rings. The summed E-state index contributed by atoms with van der Waals surface area (Å²) in [6, 6.07) is 22.8. The van der Waals surface area contributed by atoms with Gasteiger partial charge in [0.2, 0.25) is 0 Å². The molecule has 1 N–H and O–H groups in total. The lowest BCUT2D eigenvalue weighted by molar-refractivity contribution is -0.153. The van der Waals surface area contributed by atoms with Crippen LogP contribution in [0.15, 0.2) is 66.7 Å². The number of carbonyl (C=O) groups is 2. The number of carbonyl (C=O) groups excluding carboxylic acids is 2. The smallest absolute Gasteiger partial charge is 0.407 e. The third-order valence-electron chi connectivity index (χ3n) is 5.40. The Balaban J connectivity index is 1.75. The van der Waals surface area contributed by atoms with Crippen molar-refractivity contribution in [3.8, 4) is 22.9 Å². The monoisotopic (exact) mass is 528 g/mol. The molecule has 0 saturated carbocycles. The summed E-state index contributed by atoms with van der Waals surface area (Å²) in [5, 5.41) is 12.5. The first-order chi connectivity index (χ1) is 18.3. The van der Waals surface area contributed by atoms with Crippen molar-refractivity contribution in [1.82, 2.24) is 5.32 Å². The molecule has 0 fully saturated rings. The zero-order valence-electron chi connectivity index (χ0n) is 23.5. The van der Waals surface area contributed by atoms with Crippen LogP contribution in [0.5, 0.6) is 5.75 Å². The lowest BCUT2D eigenvalue weighted by atomic mass is 9.96. The van der Waals surface area contributed by atoms with Gasteiger partial charge in [-0.05, 0) is 88.1 Å². The quantitative estimate of drug-likeness (QED) is 0.326. The minimum Gasteiger partial charge on any atom is -0.489 e. The highest BCUT2D eigenvalue weighted by molar-refractivity contribution is 5.74. The SMILES string of the molecule is CC(C)(C)OC(=O)Cc1ccccc1OCc1ccc(C#N)c(-c2cccc(CNC(=O)OC(C)(C)C)c2)c1. The van der Waals surface area contributed by atoms with Gasteiger partial charge in [0.25, 0.3) is 0 Å². The molecular formula is C32H36N2O5. The number of nitrogens with zero attached hydrogens (tertiary/aromatic N) is 1. The molecule has 0 spiro atoms. The second-order valence-corrected chi connectivity index (χ2v) is 11.2. The number of esters is 1. The molecule has 0 saturated heterocycles. The molecule has 0 bridgehead atoms. The van der Waals surface area contributed by atoms with Gasteiger partial charge in [0.1, 0.15) is 23.6 Å². The van der Waals surface area contributed by atoms with Crippen molar-refractivity contribution < 1.29 is 23.8 Å². The number of hydrogen-bond donors (Lipinski definition) is 1. The maximum atomic E-state index is 12.4. The molecule has 3 rings (SSSR count). The molecule has 0 aliphatic carbocycles. The van der Waals surface area contributed by atoms with E-state index in [0.29, 0.717) is 17.9 Å². The van der Waals surface area contributed by atoms with Gasteiger partial charge in [0.05, 0.1) is 18.1 Å². The van der Waals surface area contributed by atoms with Crippen LogP contribution in [0.3, 0.4) is 0 Å². The Morgan fingerprint density at radius 3 is 2.26 bits per heavy atom. The Kier molecular flexibility index (Phi) is 9.37. The van der Waals surface area contributed by atoms with Crippen LogP contribution in [0.25, 0.3) is 11.1 Å². The van der Waals surface area contributed by atoms with E-state index in [4.69, 9.17) is 14.2 Å². The van der Waals surface area contributed by atoms with Crippen molar-refractivity contribution in [2.45, 2.75) is 72.3 Å². The molecule has 7 heteroatoms. The molecule has 0 radical (unpaired) electrons. The van der Waals surface area contributed by atoms with Gasteiger partial charge in [0.15, 0.2) is 0 Å². The number of alkyl carbamates (subject to hydrolysis) is 1. The molecule has 1 amide bonds. The van der Waals surface area contributed by atoms with Crippen LogP contribution in [0.2, 0.25) is 0 Å². The van der Waals surface area contributed by atoms with E-state index in [1.165, 1.54) is 0 Å². The highest BCUT2D eigenvalue weighted by Crippen LogP contribution is 2.27. The molecular weight excluding hydrogens is 492 g/mol. The molecule has 7 nitrogen and oxygen atoms in total. The Labute approximate surface area is 230 Å². The first-order valence-corrected chi connectivity index (χ1v) is 12.8. The highest BCUT2D eigenvalue weighted by Gasteiger charge is 2.18. The van der Waals surface area contributed by atoms with Gasteiger partial charge >= 0.3 is 12.1 Å². The van der Waals surface area contributed by atoms with Crippen LogP contribution in [-0.2, 0) is 33.8 Å². The standard InChI is InChI=1S/C32H36N2O5/c1-31(2,3)38-29(35)18-25-11-7-8-13-28(25)37-21-23-14-15-26(19-33)27(17-23)24-12-9-10-22(16-24)20-34-30(36)39-32(4,5)6/h7-17H,18,20-21H2,1-6H3,(H,34,36). The number of nitrogens with one attached hydrogen (secondary N) is 1. The number of ether oxygens (including phenoxy) is 3. The van der Waals surface area contributed by atoms with Crippen molar-refractivity contribution in [3.05, 3.63) is 89.0 Å². The lowest BCUT2D eigenvalue weighted by Crippen LogP contribution is -2.32. The minimum atomic E-state index is -0.577. The predicted octanol–water partition coefficient (Wildman–Crippen LogP) is 6.71. The first kappa shape index (κ1) is 29.2. The molecule has 0 aromatic heterocycles. The largest absolute Gasteiger partial charge is 0.489 e. The second-order valence-electron chi connectivity index (χ2n) is 11.2. The molecule has 0 aliphatic heterocycles. The molecule has 3 aromatic carbocycles. The van der Waals surface area contributed by atoms with E-state index < -0.39 is 17.3 Å². The summed E-state index contributed by atoms with van der Waals surface area (Å²) < 4.78 is 16.9. The topological polar surface area (TPSA) is 97.6 Å². The van der Waals surface area contributed by atoms with Gasteiger partial charge in [-0.25, -0.2) is 4.79 Å². The van der Waals surface area contributed by atoms with Crippen molar-refractivity contribution in [3.63, 3.8) is 0 Å². The van der Waals surface area contributed by atoms with Gasteiger partial charge in [-0.2, -0.15) is 5.26 Å². The van der Waals surface area contributed by atoms with Gasteiger partial charge in [0, 0.05) is 12.1 Å². The zero-order valence-corrected chi connectivity index (χ0v) is 23.5. The van der Waals surface area contributed by atoms with Gasteiger partial charge in [-0.15, -0.1) is 0 Å². The van der Waals surface area contributed by atoms with Gasteiger partial charge in [-0.3, -0.25) is 4.79 Å².